The van der Waals surface area contributed by atoms with Crippen molar-refractivity contribution in [2.24, 2.45) is 0 Å². The highest BCUT2D eigenvalue weighted by atomic mass is 16.3. The molecule has 56 heavy (non-hydrogen) atoms. The molecule has 0 bridgehead atoms. The van der Waals surface area contributed by atoms with E-state index in [0.717, 1.165) is 99.9 Å². The van der Waals surface area contributed by atoms with Crippen molar-refractivity contribution in [3.05, 3.63) is 206 Å². The van der Waals surface area contributed by atoms with Crippen molar-refractivity contribution in [3.8, 4) is 11.1 Å². The molecule has 0 N–H and O–H groups in total. The molecule has 0 amide bonds. The highest BCUT2D eigenvalue weighted by Gasteiger charge is 2.24. The van der Waals surface area contributed by atoms with Crippen LogP contribution in [0.25, 0.3) is 65.8 Å². The lowest BCUT2D eigenvalue weighted by Gasteiger charge is -2.27. The first-order chi connectivity index (χ1) is 27.8. The number of fused-ring (bicyclic) bond motifs is 8. The number of furan rings is 2. The summed E-state index contributed by atoms with van der Waals surface area (Å²) in [6.45, 7) is 0. The fraction of sp³-hybridized carbons (Fsp3) is 0. The third-order valence-electron chi connectivity index (χ3n) is 10.8. The molecule has 4 heteroatoms. The van der Waals surface area contributed by atoms with E-state index in [4.69, 9.17) is 8.83 Å². The average molecular weight is 719 g/mol. The Labute approximate surface area is 323 Å². The number of benzene rings is 9. The summed E-state index contributed by atoms with van der Waals surface area (Å²) in [5, 5.41) is 6.45. The van der Waals surface area contributed by atoms with Gasteiger partial charge in [-0.15, -0.1) is 0 Å². The molecule has 2 heterocycles. The van der Waals surface area contributed by atoms with Gasteiger partial charge in [-0.3, -0.25) is 0 Å². The predicted octanol–water partition coefficient (Wildman–Crippen LogP) is 15.2. The number of hydrogen-bond donors (Lipinski definition) is 0. The summed E-state index contributed by atoms with van der Waals surface area (Å²) in [6.07, 6.45) is 0. The van der Waals surface area contributed by atoms with Gasteiger partial charge in [0.1, 0.15) is 22.3 Å². The maximum Gasteiger partial charge on any atom is 0.145 e. The third-order valence-corrected chi connectivity index (χ3v) is 10.8. The van der Waals surface area contributed by atoms with E-state index < -0.39 is 0 Å². The van der Waals surface area contributed by atoms with Crippen LogP contribution in [0.3, 0.4) is 0 Å². The minimum absolute atomic E-state index is 0.817. The van der Waals surface area contributed by atoms with Crippen LogP contribution < -0.4 is 9.80 Å². The van der Waals surface area contributed by atoms with Crippen molar-refractivity contribution >= 4 is 88.8 Å². The van der Waals surface area contributed by atoms with E-state index in [2.05, 4.69) is 204 Å². The van der Waals surface area contributed by atoms with Gasteiger partial charge >= 0.3 is 0 Å². The number of para-hydroxylation sites is 3. The summed E-state index contributed by atoms with van der Waals surface area (Å²) < 4.78 is 13.5. The van der Waals surface area contributed by atoms with Gasteiger partial charge in [-0.05, 0) is 89.3 Å². The zero-order chi connectivity index (χ0) is 37.0. The minimum Gasteiger partial charge on any atom is -0.456 e. The predicted molar refractivity (Wildman–Crippen MR) is 233 cm³/mol. The van der Waals surface area contributed by atoms with E-state index in [-0.39, 0.29) is 0 Å². The Kier molecular flexibility index (Phi) is 7.46. The van der Waals surface area contributed by atoms with Crippen molar-refractivity contribution in [3.63, 3.8) is 0 Å². The van der Waals surface area contributed by atoms with E-state index in [1.807, 2.05) is 12.1 Å². The lowest BCUT2D eigenvalue weighted by molar-refractivity contribution is 0.669. The molecule has 9 aromatic carbocycles. The number of anilines is 6. The van der Waals surface area contributed by atoms with Crippen LogP contribution in [0.4, 0.5) is 34.1 Å². The van der Waals surface area contributed by atoms with E-state index >= 15 is 0 Å². The van der Waals surface area contributed by atoms with Crippen LogP contribution in [0.2, 0.25) is 0 Å². The summed E-state index contributed by atoms with van der Waals surface area (Å²) in [4.78, 5) is 4.63. The van der Waals surface area contributed by atoms with Gasteiger partial charge in [0, 0.05) is 62.1 Å². The average Bonchev–Trinajstić information content (AvgIpc) is 3.84. The lowest BCUT2D eigenvalue weighted by Crippen LogP contribution is -2.10. The minimum atomic E-state index is 0.817. The SMILES string of the molecule is c1ccc(-c2cccc(N(c3ccc4c(c3)oc3ccccc34)c3cc4ccccc4c4oc5cc(N(c6ccccc6)c6ccccc6)ccc5c34)c2)cc1. The Hall–Kier alpha value is -7.56. The largest absolute Gasteiger partial charge is 0.456 e. The Morgan fingerprint density at radius 3 is 1.59 bits per heavy atom. The maximum absolute atomic E-state index is 7.02. The molecule has 0 aliphatic carbocycles. The second kappa shape index (κ2) is 13.1. The first-order valence-corrected chi connectivity index (χ1v) is 18.9. The van der Waals surface area contributed by atoms with Crippen molar-refractivity contribution < 1.29 is 8.83 Å². The van der Waals surface area contributed by atoms with Crippen LogP contribution in [0.1, 0.15) is 0 Å². The van der Waals surface area contributed by atoms with Crippen LogP contribution in [-0.4, -0.2) is 0 Å². The van der Waals surface area contributed by atoms with E-state index in [9.17, 15) is 0 Å². The summed E-state index contributed by atoms with van der Waals surface area (Å²) in [6, 6.07) is 72.5. The first-order valence-electron chi connectivity index (χ1n) is 18.9. The molecule has 0 spiro atoms. The van der Waals surface area contributed by atoms with E-state index in [1.54, 1.807) is 0 Å². The molecule has 0 unspecified atom stereocenters. The summed E-state index contributed by atoms with van der Waals surface area (Å²) in [7, 11) is 0. The molecule has 264 valence electrons. The fourth-order valence-electron chi connectivity index (χ4n) is 8.23. The molecule has 0 aliphatic rings. The maximum atomic E-state index is 7.02. The number of rotatable bonds is 7. The highest BCUT2D eigenvalue weighted by Crippen LogP contribution is 2.48. The van der Waals surface area contributed by atoms with Crippen molar-refractivity contribution in [2.75, 3.05) is 9.80 Å². The second-order valence-electron chi connectivity index (χ2n) is 14.1. The van der Waals surface area contributed by atoms with Crippen molar-refractivity contribution in [1.29, 1.82) is 0 Å². The summed E-state index contributed by atoms with van der Waals surface area (Å²) >= 11 is 0. The molecule has 0 saturated carbocycles. The molecule has 0 saturated heterocycles. The zero-order valence-electron chi connectivity index (χ0n) is 30.3. The Morgan fingerprint density at radius 1 is 0.304 bits per heavy atom. The van der Waals surface area contributed by atoms with Gasteiger partial charge in [0.15, 0.2) is 0 Å². The third kappa shape index (κ3) is 5.31. The van der Waals surface area contributed by atoms with Gasteiger partial charge in [0.2, 0.25) is 0 Å². The molecule has 0 aliphatic heterocycles. The quantitative estimate of drug-likeness (QED) is 0.164. The van der Waals surface area contributed by atoms with E-state index in [1.165, 1.54) is 0 Å². The zero-order valence-corrected chi connectivity index (χ0v) is 30.3. The first kappa shape index (κ1) is 31.9. The molecular formula is C52H34N2O2. The van der Waals surface area contributed by atoms with Crippen LogP contribution in [-0.2, 0) is 0 Å². The molecular weight excluding hydrogens is 685 g/mol. The lowest BCUT2D eigenvalue weighted by atomic mass is 10.0. The van der Waals surface area contributed by atoms with Crippen LogP contribution >= 0.6 is 0 Å². The van der Waals surface area contributed by atoms with Crippen molar-refractivity contribution in [1.82, 2.24) is 0 Å². The fourth-order valence-corrected chi connectivity index (χ4v) is 8.23. The van der Waals surface area contributed by atoms with Gasteiger partial charge in [0.05, 0.1) is 11.1 Å². The number of nitrogens with zero attached hydrogens (tertiary/aromatic N) is 2. The normalized spacial score (nSPS) is 11.6. The Bertz CT molecular complexity index is 3160. The van der Waals surface area contributed by atoms with Crippen molar-refractivity contribution in [2.45, 2.75) is 0 Å². The molecule has 0 radical (unpaired) electrons. The monoisotopic (exact) mass is 718 g/mol. The molecule has 4 nitrogen and oxygen atoms in total. The van der Waals surface area contributed by atoms with Gasteiger partial charge in [-0.1, -0.05) is 121 Å². The van der Waals surface area contributed by atoms with Gasteiger partial charge in [0.25, 0.3) is 0 Å². The van der Waals surface area contributed by atoms with Gasteiger partial charge in [-0.2, -0.15) is 0 Å². The molecule has 0 fully saturated rings. The van der Waals surface area contributed by atoms with Gasteiger partial charge in [-0.25, -0.2) is 0 Å². The smallest absolute Gasteiger partial charge is 0.145 e. The van der Waals surface area contributed by atoms with E-state index in [0.29, 0.717) is 0 Å². The molecule has 2 aromatic heterocycles. The Balaban J connectivity index is 1.18. The number of hydrogen-bond acceptors (Lipinski definition) is 4. The van der Waals surface area contributed by atoms with Crippen LogP contribution in [0, 0.1) is 0 Å². The standard InChI is InChI=1S/C52H34N2O2/c1-4-15-35(16-5-1)36-18-14-23-40(31-36)54(42-27-29-45-44-25-12-13-26-48(44)55-49(45)34-42)47-32-37-17-10-11-24-43(37)52-51(47)46-30-28-41(33-50(46)56-52)53(38-19-6-2-7-20-38)39-21-8-3-9-22-39/h1-34H. The molecule has 0 atom stereocenters. The van der Waals surface area contributed by atoms with Crippen LogP contribution in [0.15, 0.2) is 215 Å². The van der Waals surface area contributed by atoms with Gasteiger partial charge < -0.3 is 18.6 Å². The Morgan fingerprint density at radius 2 is 0.839 bits per heavy atom. The topological polar surface area (TPSA) is 32.8 Å². The summed E-state index contributed by atoms with van der Waals surface area (Å²) in [5.74, 6) is 0. The molecule has 11 aromatic rings. The highest BCUT2D eigenvalue weighted by molar-refractivity contribution is 6.22. The second-order valence-corrected chi connectivity index (χ2v) is 14.1. The summed E-state index contributed by atoms with van der Waals surface area (Å²) in [5.41, 5.74) is 11.9. The van der Waals surface area contributed by atoms with Crippen LogP contribution in [0.5, 0.6) is 0 Å². The molecule has 11 rings (SSSR count).